The van der Waals surface area contributed by atoms with Gasteiger partial charge in [-0.1, -0.05) is 60.7 Å². The van der Waals surface area contributed by atoms with Crippen LogP contribution in [0.1, 0.15) is 44.5 Å². The van der Waals surface area contributed by atoms with Crippen molar-refractivity contribution in [1.82, 2.24) is 29.9 Å². The molecule has 0 saturated carbocycles. The van der Waals surface area contributed by atoms with Crippen molar-refractivity contribution in [3.63, 3.8) is 0 Å². The normalized spacial score (nSPS) is 10.2. The summed E-state index contributed by atoms with van der Waals surface area (Å²) in [5.41, 5.74) is 2.96. The van der Waals surface area contributed by atoms with Gasteiger partial charge < -0.3 is 0 Å². The van der Waals surface area contributed by atoms with Crippen LogP contribution in [0, 0.1) is 117 Å². The fourth-order valence-electron chi connectivity index (χ4n) is 8.74. The fourth-order valence-corrected chi connectivity index (χ4v) is 8.74. The van der Waals surface area contributed by atoms with E-state index in [-0.39, 0.29) is 151 Å². The Morgan fingerprint density at radius 3 is 0.705 bits per heavy atom. The van der Waals surface area contributed by atoms with E-state index < -0.39 is 0 Å². The summed E-state index contributed by atoms with van der Waals surface area (Å²) in [6, 6.07) is 43.1. The van der Waals surface area contributed by atoms with Crippen LogP contribution in [0.15, 0.2) is 109 Å². The van der Waals surface area contributed by atoms with Crippen LogP contribution in [0.5, 0.6) is 0 Å². The minimum absolute atomic E-state index is 0.000353. The number of benzene rings is 7. The predicted octanol–water partition coefficient (Wildman–Crippen LogP) is 12.7. The monoisotopic (exact) mass is 990 g/mol. The second-order valence-electron chi connectivity index (χ2n) is 16.6. The van der Waals surface area contributed by atoms with Gasteiger partial charge in [0.1, 0.15) is 69.5 Å². The van der Waals surface area contributed by atoms with Gasteiger partial charge in [0.05, 0.1) is 117 Å². The van der Waals surface area contributed by atoms with E-state index in [4.69, 9.17) is 56.2 Å². The first-order chi connectivity index (χ1) is 38.1. The van der Waals surface area contributed by atoms with Crippen LogP contribution in [-0.4, -0.2) is 29.9 Å². The van der Waals surface area contributed by atoms with Crippen molar-refractivity contribution in [3.8, 4) is 116 Å². The molecule has 0 amide bonds. The Morgan fingerprint density at radius 1 is 0.244 bits per heavy atom. The summed E-state index contributed by atoms with van der Waals surface area (Å²) in [6.45, 7) is 31.2. The molecule has 10 aromatic rings. The largest absolute Gasteiger partial charge is 0.250 e. The molecule has 0 N–H and O–H groups in total. The third kappa shape index (κ3) is 7.93. The quantitative estimate of drug-likeness (QED) is 0.111. The molecule has 0 atom stereocenters. The number of fused-ring (bicyclic) bond motifs is 6. The molecule has 0 aliphatic rings. The minimum atomic E-state index is -0.00799. The highest BCUT2D eigenvalue weighted by Crippen LogP contribution is 2.44. The lowest BCUT2D eigenvalue weighted by atomic mass is 9.96. The molecule has 0 unspecified atom stereocenters. The second-order valence-corrected chi connectivity index (χ2v) is 16.6. The lowest BCUT2D eigenvalue weighted by Crippen LogP contribution is -2.05. The van der Waals surface area contributed by atoms with Gasteiger partial charge in [-0.2, -0.15) is 42.1 Å². The molecule has 0 bridgehead atoms. The maximum absolute atomic E-state index is 10.2. The van der Waals surface area contributed by atoms with Gasteiger partial charge in [0.2, 0.25) is 11.4 Å². The van der Waals surface area contributed by atoms with E-state index >= 15 is 0 Å². The van der Waals surface area contributed by atoms with E-state index in [2.05, 4.69) is 49.7 Å². The van der Waals surface area contributed by atoms with E-state index in [1.54, 1.807) is 36.4 Å². The molecule has 0 fully saturated rings. The van der Waals surface area contributed by atoms with Crippen LogP contribution in [0.2, 0.25) is 0 Å². The highest BCUT2D eigenvalue weighted by atomic mass is 14.9. The molecule has 0 aliphatic carbocycles. The third-order valence-corrected chi connectivity index (χ3v) is 12.5. The molecule has 7 aromatic carbocycles. The van der Waals surface area contributed by atoms with Crippen molar-refractivity contribution in [1.29, 1.82) is 42.1 Å². The first kappa shape index (κ1) is 48.1. The Kier molecular flexibility index (Phi) is 12.1. The van der Waals surface area contributed by atoms with Crippen molar-refractivity contribution in [2.24, 2.45) is 0 Å². The van der Waals surface area contributed by atoms with E-state index in [1.165, 1.54) is 72.8 Å². The third-order valence-electron chi connectivity index (χ3n) is 12.5. The molecule has 0 spiro atoms. The maximum atomic E-state index is 10.2. The Balaban J connectivity index is 1.48. The molecule has 3 heterocycles. The first-order valence-corrected chi connectivity index (χ1v) is 22.4. The van der Waals surface area contributed by atoms with Crippen molar-refractivity contribution in [3.05, 3.63) is 199 Å². The molecule has 78 heavy (non-hydrogen) atoms. The molecule has 0 aliphatic heterocycles. The average molecular weight is 991 g/mol. The molecule has 10 rings (SSSR count). The molecule has 18 heteroatoms. The Morgan fingerprint density at radius 2 is 0.462 bits per heavy atom. The smallest absolute Gasteiger partial charge is 0.204 e. The van der Waals surface area contributed by atoms with Crippen molar-refractivity contribution in [2.45, 2.75) is 0 Å². The Labute approximate surface area is 441 Å². The molecular weight excluding hydrogens is 973 g/mol. The van der Waals surface area contributed by atoms with Gasteiger partial charge in [0, 0.05) is 27.8 Å². The number of hydrogen-bond donors (Lipinski definition) is 0. The van der Waals surface area contributed by atoms with Crippen LogP contribution in [0.3, 0.4) is 0 Å². The predicted molar refractivity (Wildman–Crippen MR) is 281 cm³/mol. The topological polar surface area (TPSA) is 285 Å². The zero-order valence-electron chi connectivity index (χ0n) is 39.4. The Hall–Kier alpha value is -13.6. The lowest BCUT2D eigenvalue weighted by molar-refractivity contribution is 1.24. The molecule has 348 valence electrons. The van der Waals surface area contributed by atoms with Crippen molar-refractivity contribution in [2.75, 3.05) is 0 Å². The lowest BCUT2D eigenvalue weighted by Gasteiger charge is -2.18. The summed E-state index contributed by atoms with van der Waals surface area (Å²) in [6.07, 6.45) is 0. The van der Waals surface area contributed by atoms with Crippen LogP contribution in [0.4, 0.5) is 22.7 Å². The van der Waals surface area contributed by atoms with E-state index in [0.717, 1.165) is 0 Å². The number of nitriles is 8. The zero-order valence-corrected chi connectivity index (χ0v) is 39.4. The van der Waals surface area contributed by atoms with Gasteiger partial charge in [-0.25, -0.2) is 39.6 Å². The highest BCUT2D eigenvalue weighted by molar-refractivity contribution is 6.20. The molecule has 0 radical (unpaired) electrons. The summed E-state index contributed by atoms with van der Waals surface area (Å²) in [5, 5.41) is 80.9. The van der Waals surface area contributed by atoms with Crippen LogP contribution in [0.25, 0.3) is 120 Å². The first-order valence-electron chi connectivity index (χ1n) is 22.4. The van der Waals surface area contributed by atoms with Gasteiger partial charge >= 0.3 is 0 Å². The van der Waals surface area contributed by atoms with Crippen molar-refractivity contribution < 1.29 is 0 Å². The van der Waals surface area contributed by atoms with E-state index in [9.17, 15) is 42.1 Å². The molecular formula is C60H18N18. The summed E-state index contributed by atoms with van der Waals surface area (Å²) < 4.78 is 0. The Bertz CT molecular complexity index is 4130. The number of nitrogens with zero attached hydrogens (tertiary/aromatic N) is 18. The average Bonchev–Trinajstić information content (AvgIpc) is 3.70. The standard InChI is InChI=1S/C60H18N18/c1-69-45-14-11-34(20-43(45)29-67)52-51(33-7-10-39(25-63)42(19-33)28-66)75-56-55-57(74-50(32-6-9-38(24-62)41(18-32)27-65)49(73-55)31-5-8-37(23-61)40(17-31)26-64)59-60(58(56)76-52)78-54(36-13-16-47(71-3)48(22-36)72-4)53(77-59)35-12-15-46(70-2)44(21-35)30-68/h5-22H. The minimum Gasteiger partial charge on any atom is -0.250 e. The zero-order chi connectivity index (χ0) is 54.8. The number of rotatable bonds is 6. The summed E-state index contributed by atoms with van der Waals surface area (Å²) in [5.74, 6) is 0. The van der Waals surface area contributed by atoms with Crippen LogP contribution in [-0.2, 0) is 0 Å². The SMILES string of the molecule is [C-]#[N+]c1ccc(-c2nc3c(nc2-c2ccc(C#N)c(C#N)c2)c2nc(-c4ccc(C#N)c(C#N)c4)c(-c4ccc(C#N)c(C#N)c4)nc2c2nc(-c4ccc([N+]#[C-])c(C#N)c4)c(-c4ccc([N+]#[C-])c([N+]#[C-])c4)nc32)cc1C#N. The maximum Gasteiger partial charge on any atom is 0.204 e. The van der Waals surface area contributed by atoms with Gasteiger partial charge in [-0.3, -0.25) is 9.69 Å². The molecule has 3 aromatic heterocycles. The molecule has 0 saturated heterocycles. The fraction of sp³-hybridized carbons (Fsp3) is 0. The van der Waals surface area contributed by atoms with Crippen LogP contribution < -0.4 is 0 Å². The van der Waals surface area contributed by atoms with Gasteiger partial charge in [0.25, 0.3) is 0 Å². The van der Waals surface area contributed by atoms with Gasteiger partial charge in [-0.05, 0) is 54.1 Å². The van der Waals surface area contributed by atoms with E-state index in [0.29, 0.717) is 16.7 Å². The van der Waals surface area contributed by atoms with Crippen LogP contribution >= 0.6 is 0 Å². The summed E-state index contributed by atoms with van der Waals surface area (Å²) in [7, 11) is 0. The number of hydrogen-bond acceptors (Lipinski definition) is 14. The van der Waals surface area contributed by atoms with E-state index in [1.807, 2.05) is 18.2 Å². The van der Waals surface area contributed by atoms with Gasteiger partial charge in [-0.15, -0.1) is 0 Å². The summed E-state index contributed by atoms with van der Waals surface area (Å²) >= 11 is 0. The summed E-state index contributed by atoms with van der Waals surface area (Å²) in [4.78, 5) is 45.8. The van der Waals surface area contributed by atoms with Crippen molar-refractivity contribution >= 4 is 55.8 Å². The number of aromatic nitrogens is 6. The molecule has 18 nitrogen and oxygen atoms in total. The van der Waals surface area contributed by atoms with Gasteiger partial charge in [0.15, 0.2) is 11.4 Å². The second kappa shape index (κ2) is 19.6. The highest BCUT2D eigenvalue weighted by Gasteiger charge is 2.27.